The van der Waals surface area contributed by atoms with Crippen LogP contribution in [0.25, 0.3) is 0 Å². The van der Waals surface area contributed by atoms with Crippen LogP contribution in [-0.4, -0.2) is 42.0 Å². The number of nitrogens with one attached hydrogen (secondary N) is 1. The Bertz CT molecular complexity index is 479. The zero-order chi connectivity index (χ0) is 16.0. The number of amides is 1. The number of ether oxygens (including phenoxy) is 1. The Labute approximate surface area is 127 Å². The van der Waals surface area contributed by atoms with Crippen LogP contribution in [0.15, 0.2) is 12.1 Å². The highest BCUT2D eigenvalue weighted by molar-refractivity contribution is 5.75. The molecule has 1 heterocycles. The number of carbonyl (C=O) groups is 1. The molecule has 0 radical (unpaired) electrons. The Hall–Kier alpha value is -1.62. The standard InChI is InChI=1S/C16H27N3O2/c1-12-7-8-14(21-10-9-15(20)19(5)6)13(18-12)11-17-16(2,3)4/h7-8,17H,9-11H2,1-6H3. The first kappa shape index (κ1) is 17.4. The Morgan fingerprint density at radius 1 is 1.33 bits per heavy atom. The number of carbonyl (C=O) groups excluding carboxylic acids is 1. The van der Waals surface area contributed by atoms with Gasteiger partial charge in [-0.25, -0.2) is 0 Å². The van der Waals surface area contributed by atoms with Gasteiger partial charge in [0.1, 0.15) is 5.75 Å². The second-order valence-corrected chi connectivity index (χ2v) is 6.39. The van der Waals surface area contributed by atoms with E-state index in [9.17, 15) is 4.79 Å². The maximum Gasteiger partial charge on any atom is 0.225 e. The minimum Gasteiger partial charge on any atom is -0.491 e. The van der Waals surface area contributed by atoms with E-state index >= 15 is 0 Å². The molecule has 5 heteroatoms. The maximum absolute atomic E-state index is 11.5. The van der Waals surface area contributed by atoms with Gasteiger partial charge in [-0.05, 0) is 39.8 Å². The molecular weight excluding hydrogens is 266 g/mol. The van der Waals surface area contributed by atoms with E-state index in [0.717, 1.165) is 17.1 Å². The van der Waals surface area contributed by atoms with Crippen LogP contribution in [0.3, 0.4) is 0 Å². The highest BCUT2D eigenvalue weighted by Crippen LogP contribution is 2.18. The van der Waals surface area contributed by atoms with Crippen molar-refractivity contribution >= 4 is 5.91 Å². The molecule has 1 rings (SSSR count). The zero-order valence-electron chi connectivity index (χ0n) is 14.0. The van der Waals surface area contributed by atoms with Crippen LogP contribution in [-0.2, 0) is 11.3 Å². The van der Waals surface area contributed by atoms with E-state index in [1.807, 2.05) is 19.1 Å². The summed E-state index contributed by atoms with van der Waals surface area (Å²) in [7, 11) is 3.49. The lowest BCUT2D eigenvalue weighted by Crippen LogP contribution is -2.35. The van der Waals surface area contributed by atoms with Crippen LogP contribution in [0.1, 0.15) is 38.6 Å². The van der Waals surface area contributed by atoms with Crippen molar-refractivity contribution in [3.8, 4) is 5.75 Å². The van der Waals surface area contributed by atoms with Crippen molar-refractivity contribution in [2.24, 2.45) is 0 Å². The van der Waals surface area contributed by atoms with Crippen molar-refractivity contribution in [3.63, 3.8) is 0 Å². The Kier molecular flexibility index (Phi) is 6.15. The minimum atomic E-state index is 0.0174. The molecule has 0 fully saturated rings. The van der Waals surface area contributed by atoms with Gasteiger partial charge in [-0.2, -0.15) is 0 Å². The molecule has 1 amide bonds. The van der Waals surface area contributed by atoms with Crippen molar-refractivity contribution in [3.05, 3.63) is 23.5 Å². The fourth-order valence-electron chi connectivity index (χ4n) is 1.68. The quantitative estimate of drug-likeness (QED) is 0.873. The average molecular weight is 293 g/mol. The number of pyridine rings is 1. The van der Waals surface area contributed by atoms with Gasteiger partial charge in [-0.1, -0.05) is 0 Å². The van der Waals surface area contributed by atoms with Crippen molar-refractivity contribution in [2.75, 3.05) is 20.7 Å². The molecular formula is C16H27N3O2. The largest absolute Gasteiger partial charge is 0.491 e. The molecule has 0 bridgehead atoms. The third kappa shape index (κ3) is 6.58. The zero-order valence-corrected chi connectivity index (χ0v) is 14.0. The molecule has 0 aliphatic rings. The lowest BCUT2D eigenvalue weighted by atomic mass is 10.1. The Morgan fingerprint density at radius 3 is 2.57 bits per heavy atom. The van der Waals surface area contributed by atoms with Crippen LogP contribution in [0.5, 0.6) is 5.75 Å². The smallest absolute Gasteiger partial charge is 0.225 e. The van der Waals surface area contributed by atoms with Gasteiger partial charge < -0.3 is 15.0 Å². The second-order valence-electron chi connectivity index (χ2n) is 6.39. The van der Waals surface area contributed by atoms with Gasteiger partial charge >= 0.3 is 0 Å². The fourth-order valence-corrected chi connectivity index (χ4v) is 1.68. The Balaban J connectivity index is 2.66. The van der Waals surface area contributed by atoms with E-state index in [1.54, 1.807) is 19.0 Å². The van der Waals surface area contributed by atoms with E-state index in [0.29, 0.717) is 19.6 Å². The van der Waals surface area contributed by atoms with Crippen LogP contribution < -0.4 is 10.1 Å². The van der Waals surface area contributed by atoms with Crippen LogP contribution in [0, 0.1) is 6.92 Å². The number of hydrogen-bond acceptors (Lipinski definition) is 4. The molecule has 0 saturated heterocycles. The van der Waals surface area contributed by atoms with E-state index in [-0.39, 0.29) is 11.4 Å². The normalized spacial score (nSPS) is 11.3. The van der Waals surface area contributed by atoms with Gasteiger partial charge in [0.15, 0.2) is 0 Å². The maximum atomic E-state index is 11.5. The van der Waals surface area contributed by atoms with Gasteiger partial charge in [-0.15, -0.1) is 0 Å². The first-order chi connectivity index (χ1) is 9.69. The van der Waals surface area contributed by atoms with Crippen LogP contribution in [0.2, 0.25) is 0 Å². The van der Waals surface area contributed by atoms with Crippen molar-refractivity contribution in [1.82, 2.24) is 15.2 Å². The van der Waals surface area contributed by atoms with Gasteiger partial charge in [0, 0.05) is 31.9 Å². The third-order valence-corrected chi connectivity index (χ3v) is 2.93. The summed E-state index contributed by atoms with van der Waals surface area (Å²) in [6.45, 7) is 9.30. The summed E-state index contributed by atoms with van der Waals surface area (Å²) in [4.78, 5) is 17.6. The lowest BCUT2D eigenvalue weighted by Gasteiger charge is -2.21. The topological polar surface area (TPSA) is 54.5 Å². The van der Waals surface area contributed by atoms with Crippen molar-refractivity contribution in [2.45, 2.75) is 46.2 Å². The second kappa shape index (κ2) is 7.41. The van der Waals surface area contributed by atoms with Crippen LogP contribution in [0.4, 0.5) is 0 Å². The summed E-state index contributed by atoms with van der Waals surface area (Å²) in [6, 6.07) is 3.84. The first-order valence-corrected chi connectivity index (χ1v) is 7.23. The predicted molar refractivity (Wildman–Crippen MR) is 84.4 cm³/mol. The average Bonchev–Trinajstić information content (AvgIpc) is 2.37. The number of nitrogens with zero attached hydrogens (tertiary/aromatic N) is 2. The van der Waals surface area contributed by atoms with E-state index in [1.165, 1.54) is 0 Å². The lowest BCUT2D eigenvalue weighted by molar-refractivity contribution is -0.129. The Morgan fingerprint density at radius 2 is 2.00 bits per heavy atom. The molecule has 21 heavy (non-hydrogen) atoms. The van der Waals surface area contributed by atoms with Gasteiger partial charge in [-0.3, -0.25) is 9.78 Å². The molecule has 118 valence electrons. The molecule has 1 aromatic heterocycles. The number of aromatic nitrogens is 1. The molecule has 1 aromatic rings. The fraction of sp³-hybridized carbons (Fsp3) is 0.625. The summed E-state index contributed by atoms with van der Waals surface area (Å²) < 4.78 is 5.73. The van der Waals surface area contributed by atoms with E-state index in [2.05, 4.69) is 31.1 Å². The summed E-state index contributed by atoms with van der Waals surface area (Å²) >= 11 is 0. The number of rotatable bonds is 6. The summed E-state index contributed by atoms with van der Waals surface area (Å²) in [6.07, 6.45) is 0.368. The highest BCUT2D eigenvalue weighted by atomic mass is 16.5. The first-order valence-electron chi connectivity index (χ1n) is 7.23. The summed E-state index contributed by atoms with van der Waals surface area (Å²) in [5.41, 5.74) is 1.85. The molecule has 0 saturated carbocycles. The van der Waals surface area contributed by atoms with E-state index in [4.69, 9.17) is 4.74 Å². The SMILES string of the molecule is Cc1ccc(OCCC(=O)N(C)C)c(CNC(C)(C)C)n1. The van der Waals surface area contributed by atoms with Crippen molar-refractivity contribution in [1.29, 1.82) is 0 Å². The highest BCUT2D eigenvalue weighted by Gasteiger charge is 2.13. The molecule has 1 N–H and O–H groups in total. The minimum absolute atomic E-state index is 0.0174. The van der Waals surface area contributed by atoms with Crippen LogP contribution >= 0.6 is 0 Å². The van der Waals surface area contributed by atoms with Gasteiger partial charge in [0.05, 0.1) is 18.7 Å². The number of hydrogen-bond donors (Lipinski definition) is 1. The molecule has 0 aliphatic heterocycles. The molecule has 0 spiro atoms. The molecule has 0 aromatic carbocycles. The van der Waals surface area contributed by atoms with E-state index < -0.39 is 0 Å². The molecule has 0 unspecified atom stereocenters. The van der Waals surface area contributed by atoms with Gasteiger partial charge in [0.2, 0.25) is 5.91 Å². The summed E-state index contributed by atoms with van der Waals surface area (Å²) in [5.74, 6) is 0.799. The van der Waals surface area contributed by atoms with Crippen molar-refractivity contribution < 1.29 is 9.53 Å². The third-order valence-electron chi connectivity index (χ3n) is 2.93. The number of aryl methyl sites for hydroxylation is 1. The molecule has 5 nitrogen and oxygen atoms in total. The molecule has 0 aliphatic carbocycles. The predicted octanol–water partition coefficient (Wildman–Crippen LogP) is 2.14. The molecule has 0 atom stereocenters. The monoisotopic (exact) mass is 293 g/mol. The van der Waals surface area contributed by atoms with Gasteiger partial charge in [0.25, 0.3) is 0 Å². The summed E-state index contributed by atoms with van der Waals surface area (Å²) in [5, 5.41) is 3.41.